The molecule has 0 radical (unpaired) electrons. The molecule has 0 unspecified atom stereocenters. The minimum atomic E-state index is -0.241. The molecule has 60 valence electrons. The van der Waals surface area contributed by atoms with Crippen molar-refractivity contribution in [3.05, 3.63) is 0 Å². The molecule has 2 heteroatoms. The molecule has 0 fully saturated rings. The monoisotopic (exact) mass is 143 g/mol. The summed E-state index contributed by atoms with van der Waals surface area (Å²) in [7, 11) is 0. The summed E-state index contributed by atoms with van der Waals surface area (Å²) in [5.74, 6) is 0.502. The summed E-state index contributed by atoms with van der Waals surface area (Å²) < 4.78 is 0. The van der Waals surface area contributed by atoms with Crippen molar-refractivity contribution in [3.63, 3.8) is 0 Å². The van der Waals surface area contributed by atoms with Gasteiger partial charge in [0.15, 0.2) is 0 Å². The maximum absolute atomic E-state index is 11.0. The van der Waals surface area contributed by atoms with Crippen molar-refractivity contribution in [1.29, 1.82) is 0 Å². The first-order valence-electron chi connectivity index (χ1n) is 3.91. The number of hydrogen-bond donors (Lipinski definition) is 1. The summed E-state index contributed by atoms with van der Waals surface area (Å²) in [6.45, 7) is 5.91. The molecule has 0 aliphatic rings. The van der Waals surface area contributed by atoms with E-state index < -0.39 is 0 Å². The Morgan fingerprint density at radius 1 is 1.50 bits per heavy atom. The molecule has 2 atom stereocenters. The third-order valence-electron chi connectivity index (χ3n) is 1.98. The van der Waals surface area contributed by atoms with Crippen LogP contribution in [0.15, 0.2) is 0 Å². The number of Topliss-reactive ketones (excluding diaryl/α,β-unsaturated/α-hetero) is 1. The van der Waals surface area contributed by atoms with Crippen LogP contribution in [-0.4, -0.2) is 11.8 Å². The van der Waals surface area contributed by atoms with Crippen molar-refractivity contribution in [2.24, 2.45) is 11.7 Å². The van der Waals surface area contributed by atoms with Crippen LogP contribution >= 0.6 is 0 Å². The SMILES string of the molecule is CCC(=O)[C@H](N)[C@@H](C)CC. The summed E-state index contributed by atoms with van der Waals surface area (Å²) in [6.07, 6.45) is 1.54. The lowest BCUT2D eigenvalue weighted by Gasteiger charge is -2.15. The van der Waals surface area contributed by atoms with Crippen molar-refractivity contribution < 1.29 is 4.79 Å². The predicted molar refractivity (Wildman–Crippen MR) is 42.7 cm³/mol. The second kappa shape index (κ2) is 4.45. The molecule has 0 saturated heterocycles. The first kappa shape index (κ1) is 9.63. The highest BCUT2D eigenvalue weighted by Crippen LogP contribution is 2.06. The molecule has 2 N–H and O–H groups in total. The summed E-state index contributed by atoms with van der Waals surface area (Å²) in [4.78, 5) is 11.0. The highest BCUT2D eigenvalue weighted by atomic mass is 16.1. The lowest BCUT2D eigenvalue weighted by molar-refractivity contribution is -0.121. The summed E-state index contributed by atoms with van der Waals surface area (Å²) in [6, 6.07) is -0.241. The van der Waals surface area contributed by atoms with Crippen molar-refractivity contribution in [1.82, 2.24) is 0 Å². The fourth-order valence-electron chi connectivity index (χ4n) is 0.807. The van der Waals surface area contributed by atoms with Crippen LogP contribution in [0.1, 0.15) is 33.6 Å². The van der Waals surface area contributed by atoms with Crippen LogP contribution in [0, 0.1) is 5.92 Å². The van der Waals surface area contributed by atoms with E-state index in [-0.39, 0.29) is 11.8 Å². The maximum atomic E-state index is 11.0. The van der Waals surface area contributed by atoms with Crippen LogP contribution < -0.4 is 5.73 Å². The van der Waals surface area contributed by atoms with Crippen molar-refractivity contribution in [3.8, 4) is 0 Å². The van der Waals surface area contributed by atoms with Gasteiger partial charge in [0.25, 0.3) is 0 Å². The first-order valence-corrected chi connectivity index (χ1v) is 3.91. The Hall–Kier alpha value is -0.370. The van der Waals surface area contributed by atoms with Gasteiger partial charge in [-0.25, -0.2) is 0 Å². The first-order chi connectivity index (χ1) is 4.63. The summed E-state index contributed by atoms with van der Waals surface area (Å²) in [5.41, 5.74) is 5.63. The minimum Gasteiger partial charge on any atom is -0.321 e. The molecule has 0 aliphatic carbocycles. The largest absolute Gasteiger partial charge is 0.321 e. The van der Waals surface area contributed by atoms with Crippen LogP contribution in [0.4, 0.5) is 0 Å². The van der Waals surface area contributed by atoms with Gasteiger partial charge in [0.2, 0.25) is 0 Å². The Balaban J connectivity index is 3.81. The van der Waals surface area contributed by atoms with Gasteiger partial charge in [-0.1, -0.05) is 27.2 Å². The molecule has 0 spiro atoms. The molecular weight excluding hydrogens is 126 g/mol. The molecule has 0 amide bonds. The van der Waals surface area contributed by atoms with Gasteiger partial charge in [-0.3, -0.25) is 4.79 Å². The van der Waals surface area contributed by atoms with Crippen LogP contribution in [-0.2, 0) is 4.79 Å². The van der Waals surface area contributed by atoms with Crippen molar-refractivity contribution in [2.45, 2.75) is 39.7 Å². The van der Waals surface area contributed by atoms with Gasteiger partial charge in [0, 0.05) is 6.42 Å². The third kappa shape index (κ3) is 2.48. The van der Waals surface area contributed by atoms with Gasteiger partial charge < -0.3 is 5.73 Å². The smallest absolute Gasteiger partial charge is 0.149 e. The Labute approximate surface area is 62.8 Å². The molecular formula is C8H17NO. The van der Waals surface area contributed by atoms with Crippen LogP contribution in [0.2, 0.25) is 0 Å². The van der Waals surface area contributed by atoms with Crippen LogP contribution in [0.25, 0.3) is 0 Å². The molecule has 0 aromatic heterocycles. The number of hydrogen-bond acceptors (Lipinski definition) is 2. The highest BCUT2D eigenvalue weighted by molar-refractivity contribution is 5.83. The lowest BCUT2D eigenvalue weighted by Crippen LogP contribution is -2.35. The average molecular weight is 143 g/mol. The molecule has 2 nitrogen and oxygen atoms in total. The van der Waals surface area contributed by atoms with Gasteiger partial charge >= 0.3 is 0 Å². The Morgan fingerprint density at radius 2 is 2.00 bits per heavy atom. The van der Waals surface area contributed by atoms with E-state index in [1.807, 2.05) is 20.8 Å². The quantitative estimate of drug-likeness (QED) is 0.645. The predicted octanol–water partition coefficient (Wildman–Crippen LogP) is 1.34. The van der Waals surface area contributed by atoms with Crippen molar-refractivity contribution >= 4 is 5.78 Å². The van der Waals surface area contributed by atoms with E-state index in [4.69, 9.17) is 5.73 Å². The highest BCUT2D eigenvalue weighted by Gasteiger charge is 2.16. The number of ketones is 1. The lowest BCUT2D eigenvalue weighted by atomic mass is 9.95. The summed E-state index contributed by atoms with van der Waals surface area (Å²) >= 11 is 0. The van der Waals surface area contributed by atoms with Gasteiger partial charge in [-0.15, -0.1) is 0 Å². The summed E-state index contributed by atoms with van der Waals surface area (Å²) in [5, 5.41) is 0. The zero-order valence-corrected chi connectivity index (χ0v) is 7.05. The Bertz CT molecular complexity index is 112. The number of rotatable bonds is 4. The Kier molecular flexibility index (Phi) is 4.28. The maximum Gasteiger partial charge on any atom is 0.149 e. The molecule has 0 aromatic carbocycles. The molecule has 0 aromatic rings. The molecule has 0 saturated carbocycles. The van der Waals surface area contributed by atoms with Crippen LogP contribution in [0.3, 0.4) is 0 Å². The molecule has 0 heterocycles. The number of carbonyl (C=O) groups excluding carboxylic acids is 1. The topological polar surface area (TPSA) is 43.1 Å². The number of carbonyl (C=O) groups is 1. The van der Waals surface area contributed by atoms with E-state index in [2.05, 4.69) is 0 Å². The average Bonchev–Trinajstić information content (AvgIpc) is 2.00. The molecule has 10 heavy (non-hydrogen) atoms. The molecule has 0 aliphatic heterocycles. The standard InChI is InChI=1S/C8H17NO/c1-4-6(3)8(9)7(10)5-2/h6,8H,4-5,9H2,1-3H3/t6-,8+/m0/s1. The second-order valence-corrected chi connectivity index (χ2v) is 2.73. The fourth-order valence-corrected chi connectivity index (χ4v) is 0.807. The third-order valence-corrected chi connectivity index (χ3v) is 1.98. The van der Waals surface area contributed by atoms with E-state index in [0.29, 0.717) is 12.3 Å². The fraction of sp³-hybridized carbons (Fsp3) is 0.875. The van der Waals surface area contributed by atoms with Crippen molar-refractivity contribution in [2.75, 3.05) is 0 Å². The minimum absolute atomic E-state index is 0.175. The van der Waals surface area contributed by atoms with Gasteiger partial charge in [-0.05, 0) is 5.92 Å². The van der Waals surface area contributed by atoms with E-state index in [9.17, 15) is 4.79 Å². The molecule has 0 rings (SSSR count). The van der Waals surface area contributed by atoms with E-state index >= 15 is 0 Å². The van der Waals surface area contributed by atoms with Crippen LogP contribution in [0.5, 0.6) is 0 Å². The second-order valence-electron chi connectivity index (χ2n) is 2.73. The van der Waals surface area contributed by atoms with Gasteiger partial charge in [0.1, 0.15) is 5.78 Å². The Morgan fingerprint density at radius 3 is 2.30 bits per heavy atom. The molecule has 0 bridgehead atoms. The van der Waals surface area contributed by atoms with E-state index in [1.54, 1.807) is 0 Å². The van der Waals surface area contributed by atoms with E-state index in [0.717, 1.165) is 6.42 Å². The van der Waals surface area contributed by atoms with Gasteiger partial charge in [0.05, 0.1) is 6.04 Å². The zero-order valence-electron chi connectivity index (χ0n) is 7.05. The normalized spacial score (nSPS) is 16.4. The zero-order chi connectivity index (χ0) is 8.15. The number of nitrogens with two attached hydrogens (primary N) is 1. The van der Waals surface area contributed by atoms with E-state index in [1.165, 1.54) is 0 Å². The van der Waals surface area contributed by atoms with Gasteiger partial charge in [-0.2, -0.15) is 0 Å².